The summed E-state index contributed by atoms with van der Waals surface area (Å²) in [5, 5.41) is 4.08. The van der Waals surface area contributed by atoms with Gasteiger partial charge in [-0.15, -0.1) is 0 Å². The highest BCUT2D eigenvalue weighted by Gasteiger charge is 2.39. The van der Waals surface area contributed by atoms with E-state index in [-0.39, 0.29) is 10.4 Å². The minimum Gasteiger partial charge on any atom is -0.340 e. The summed E-state index contributed by atoms with van der Waals surface area (Å²) in [6.07, 6.45) is 4.31. The van der Waals surface area contributed by atoms with E-state index in [1.54, 1.807) is 18.5 Å². The maximum atomic E-state index is 12.6. The summed E-state index contributed by atoms with van der Waals surface area (Å²) in [6.45, 7) is 4.63. The van der Waals surface area contributed by atoms with Crippen molar-refractivity contribution in [1.29, 1.82) is 0 Å². The fourth-order valence-electron chi connectivity index (χ4n) is 2.64. The fraction of sp³-hybridized carbons (Fsp3) is 0.615. The van der Waals surface area contributed by atoms with Crippen LogP contribution in [0.1, 0.15) is 31.5 Å². The largest absolute Gasteiger partial charge is 0.340 e. The van der Waals surface area contributed by atoms with Crippen LogP contribution < -0.4 is 0 Å². The molecule has 0 radical (unpaired) electrons. The van der Waals surface area contributed by atoms with Gasteiger partial charge >= 0.3 is 0 Å². The van der Waals surface area contributed by atoms with Crippen molar-refractivity contribution in [2.75, 3.05) is 13.1 Å². The summed E-state index contributed by atoms with van der Waals surface area (Å²) in [4.78, 5) is 8.25. The Labute approximate surface area is 129 Å². The van der Waals surface area contributed by atoms with Gasteiger partial charge in [0.2, 0.25) is 5.89 Å². The normalized spacial score (nSPS) is 19.4. The van der Waals surface area contributed by atoms with Gasteiger partial charge in [-0.1, -0.05) is 12.1 Å². The van der Waals surface area contributed by atoms with E-state index in [0.29, 0.717) is 37.6 Å². The van der Waals surface area contributed by atoms with E-state index in [4.69, 9.17) is 4.52 Å². The van der Waals surface area contributed by atoms with Crippen LogP contribution in [0.4, 0.5) is 0 Å². The number of nitrogens with zero attached hydrogens (tertiary/aromatic N) is 5. The molecule has 0 aromatic carbocycles. The van der Waals surface area contributed by atoms with Gasteiger partial charge < -0.3 is 9.09 Å². The first-order chi connectivity index (χ1) is 10.3. The zero-order valence-corrected chi connectivity index (χ0v) is 13.7. The van der Waals surface area contributed by atoms with Crippen molar-refractivity contribution in [2.24, 2.45) is 7.05 Å². The summed E-state index contributed by atoms with van der Waals surface area (Å²) in [5.74, 6) is 1.18. The molecule has 0 amide bonds. The van der Waals surface area contributed by atoms with E-state index in [9.17, 15) is 8.42 Å². The van der Waals surface area contributed by atoms with E-state index < -0.39 is 10.0 Å². The van der Waals surface area contributed by atoms with E-state index in [0.717, 1.165) is 0 Å². The predicted molar refractivity (Wildman–Crippen MR) is 77.6 cm³/mol. The summed E-state index contributed by atoms with van der Waals surface area (Å²) in [5.41, 5.74) is -0.256. The Morgan fingerprint density at radius 3 is 2.50 bits per heavy atom. The van der Waals surface area contributed by atoms with Crippen molar-refractivity contribution < 1.29 is 12.9 Å². The highest BCUT2D eigenvalue weighted by Crippen LogP contribution is 2.34. The average Bonchev–Trinajstić information content (AvgIpc) is 3.09. The molecule has 2 aromatic rings. The molecule has 1 aliphatic rings. The maximum Gasteiger partial charge on any atom is 0.262 e. The van der Waals surface area contributed by atoms with Gasteiger partial charge in [0.15, 0.2) is 10.9 Å². The van der Waals surface area contributed by atoms with Crippen LogP contribution in [0, 0.1) is 6.92 Å². The lowest BCUT2D eigenvalue weighted by Gasteiger charge is -2.36. The van der Waals surface area contributed by atoms with Gasteiger partial charge in [0.25, 0.3) is 10.0 Å². The Balaban J connectivity index is 1.77. The molecule has 8 nitrogen and oxygen atoms in total. The lowest BCUT2D eigenvalue weighted by Crippen LogP contribution is -2.44. The molecular formula is C13H19N5O3S. The monoisotopic (exact) mass is 325 g/mol. The molecule has 9 heteroatoms. The Morgan fingerprint density at radius 1 is 1.32 bits per heavy atom. The minimum atomic E-state index is -3.53. The van der Waals surface area contributed by atoms with E-state index in [1.165, 1.54) is 16.8 Å². The van der Waals surface area contributed by atoms with Crippen LogP contribution in [0.3, 0.4) is 0 Å². The third-order valence-corrected chi connectivity index (χ3v) is 5.96. The quantitative estimate of drug-likeness (QED) is 0.830. The molecule has 1 aliphatic heterocycles. The number of piperidine rings is 1. The van der Waals surface area contributed by atoms with Crippen molar-refractivity contribution in [2.45, 2.75) is 37.1 Å². The van der Waals surface area contributed by atoms with Crippen LogP contribution in [0.25, 0.3) is 0 Å². The predicted octanol–water partition coefficient (Wildman–Crippen LogP) is 0.854. The topological polar surface area (TPSA) is 94.1 Å². The summed E-state index contributed by atoms with van der Waals surface area (Å²) < 4.78 is 33.3. The zero-order valence-electron chi connectivity index (χ0n) is 12.9. The lowest BCUT2D eigenvalue weighted by atomic mass is 9.80. The molecule has 22 heavy (non-hydrogen) atoms. The van der Waals surface area contributed by atoms with Crippen LogP contribution in [-0.4, -0.2) is 45.5 Å². The molecule has 3 rings (SSSR count). The van der Waals surface area contributed by atoms with Crippen LogP contribution in [-0.2, 0) is 22.5 Å². The number of aryl methyl sites for hydroxylation is 2. The molecule has 0 aliphatic carbocycles. The second kappa shape index (κ2) is 5.17. The molecule has 0 unspecified atom stereocenters. The molecule has 0 saturated carbocycles. The second-order valence-corrected chi connectivity index (χ2v) is 7.86. The fourth-order valence-corrected chi connectivity index (χ4v) is 4.05. The van der Waals surface area contributed by atoms with Crippen molar-refractivity contribution >= 4 is 10.0 Å². The smallest absolute Gasteiger partial charge is 0.262 e. The first-order valence-corrected chi connectivity index (χ1v) is 8.54. The molecule has 1 fully saturated rings. The van der Waals surface area contributed by atoms with Crippen molar-refractivity contribution in [3.8, 4) is 0 Å². The molecule has 2 aromatic heterocycles. The number of hydrogen-bond donors (Lipinski definition) is 0. The number of sulfonamides is 1. The van der Waals surface area contributed by atoms with Gasteiger partial charge in [-0.3, -0.25) is 0 Å². The van der Waals surface area contributed by atoms with E-state index in [1.807, 2.05) is 6.92 Å². The average molecular weight is 325 g/mol. The van der Waals surface area contributed by atoms with Crippen molar-refractivity contribution in [3.63, 3.8) is 0 Å². The molecule has 120 valence electrons. The summed E-state index contributed by atoms with van der Waals surface area (Å²) in [6, 6.07) is 0. The maximum absolute atomic E-state index is 12.6. The minimum absolute atomic E-state index is 0.0917. The second-order valence-electron chi connectivity index (χ2n) is 5.98. The van der Waals surface area contributed by atoms with Crippen molar-refractivity contribution in [3.05, 3.63) is 24.2 Å². The third kappa shape index (κ3) is 2.54. The highest BCUT2D eigenvalue weighted by molar-refractivity contribution is 7.89. The van der Waals surface area contributed by atoms with Crippen LogP contribution in [0.5, 0.6) is 0 Å². The molecule has 0 N–H and O–H groups in total. The van der Waals surface area contributed by atoms with Crippen LogP contribution in [0.2, 0.25) is 0 Å². The first kappa shape index (κ1) is 15.2. The van der Waals surface area contributed by atoms with Gasteiger partial charge in [-0.25, -0.2) is 13.4 Å². The number of rotatable bonds is 3. The number of hydrogen-bond acceptors (Lipinski definition) is 6. The van der Waals surface area contributed by atoms with E-state index in [2.05, 4.69) is 15.1 Å². The highest BCUT2D eigenvalue weighted by atomic mass is 32.2. The van der Waals surface area contributed by atoms with Crippen LogP contribution >= 0.6 is 0 Å². The van der Waals surface area contributed by atoms with Gasteiger partial charge in [0, 0.05) is 38.7 Å². The Morgan fingerprint density at radius 2 is 2.00 bits per heavy atom. The Hall–Kier alpha value is -1.74. The molecular weight excluding hydrogens is 306 g/mol. The van der Waals surface area contributed by atoms with Gasteiger partial charge in [0.1, 0.15) is 0 Å². The lowest BCUT2D eigenvalue weighted by molar-refractivity contribution is 0.233. The standard InChI is InChI=1S/C13H19N5O3S/c1-10-15-12(16-21-10)13(2)4-6-18(7-5-13)22(19,20)11-8-17(3)9-14-11/h8-9H,4-7H2,1-3H3. The number of aromatic nitrogens is 4. The molecule has 1 saturated heterocycles. The summed E-state index contributed by atoms with van der Waals surface area (Å²) >= 11 is 0. The number of imidazole rings is 1. The molecule has 0 bridgehead atoms. The van der Waals surface area contributed by atoms with Gasteiger partial charge in [0.05, 0.1) is 6.33 Å². The van der Waals surface area contributed by atoms with Crippen LogP contribution in [0.15, 0.2) is 22.1 Å². The van der Waals surface area contributed by atoms with Gasteiger partial charge in [-0.05, 0) is 12.8 Å². The van der Waals surface area contributed by atoms with E-state index >= 15 is 0 Å². The Bertz CT molecular complexity index is 771. The first-order valence-electron chi connectivity index (χ1n) is 7.10. The zero-order chi connectivity index (χ0) is 16.0. The van der Waals surface area contributed by atoms with Gasteiger partial charge in [-0.2, -0.15) is 9.29 Å². The molecule has 0 spiro atoms. The SMILES string of the molecule is Cc1nc(C2(C)CCN(S(=O)(=O)c3cn(C)cn3)CC2)no1. The van der Waals surface area contributed by atoms with Crippen molar-refractivity contribution in [1.82, 2.24) is 24.0 Å². The Kier molecular flexibility index (Phi) is 3.56. The molecule has 0 atom stereocenters. The molecule has 3 heterocycles. The third-order valence-electron chi connectivity index (χ3n) is 4.18. The summed E-state index contributed by atoms with van der Waals surface area (Å²) in [7, 11) is -1.78.